The minimum Gasteiger partial charge on any atom is -0.494 e. The molecule has 1 aliphatic carbocycles. The van der Waals surface area contributed by atoms with Crippen molar-refractivity contribution in [3.05, 3.63) is 29.8 Å². The SMILES string of the molecule is CCCCOc1ccc(C(=O)NC(=S)NNC(=O)C2CCCCC2)cc1. The fourth-order valence-electron chi connectivity index (χ4n) is 2.83. The molecule has 142 valence electrons. The third-order valence-corrected chi connectivity index (χ3v) is 4.59. The normalized spacial score (nSPS) is 14.3. The van der Waals surface area contributed by atoms with E-state index in [0.29, 0.717) is 12.2 Å². The first kappa shape index (κ1) is 20.2. The van der Waals surface area contributed by atoms with Crippen LogP contribution in [0.25, 0.3) is 0 Å². The summed E-state index contributed by atoms with van der Waals surface area (Å²) in [6.45, 7) is 2.77. The zero-order valence-corrected chi connectivity index (χ0v) is 16.0. The highest BCUT2D eigenvalue weighted by Gasteiger charge is 2.21. The average Bonchev–Trinajstić information content (AvgIpc) is 2.67. The summed E-state index contributed by atoms with van der Waals surface area (Å²) >= 11 is 5.06. The Morgan fingerprint density at radius 1 is 1.12 bits per heavy atom. The van der Waals surface area contributed by atoms with E-state index in [1.54, 1.807) is 24.3 Å². The van der Waals surface area contributed by atoms with Crippen LogP contribution in [0.15, 0.2) is 24.3 Å². The van der Waals surface area contributed by atoms with E-state index >= 15 is 0 Å². The molecule has 0 aliphatic heterocycles. The summed E-state index contributed by atoms with van der Waals surface area (Å²) in [6, 6.07) is 6.87. The Balaban J connectivity index is 1.73. The number of hydrogen-bond donors (Lipinski definition) is 3. The van der Waals surface area contributed by atoms with E-state index in [-0.39, 0.29) is 22.8 Å². The molecule has 0 spiro atoms. The van der Waals surface area contributed by atoms with Crippen molar-refractivity contribution in [2.75, 3.05) is 6.61 Å². The molecule has 0 atom stereocenters. The molecule has 26 heavy (non-hydrogen) atoms. The standard InChI is InChI=1S/C19H27N3O3S/c1-2-3-13-25-16-11-9-15(10-12-16)17(23)20-19(26)22-21-18(24)14-7-5-4-6-8-14/h9-12,14H,2-8,13H2,1H3,(H,21,24)(H2,20,22,23,26). The van der Waals surface area contributed by atoms with E-state index < -0.39 is 0 Å². The van der Waals surface area contributed by atoms with Gasteiger partial charge in [0.1, 0.15) is 5.75 Å². The second kappa shape index (κ2) is 10.8. The van der Waals surface area contributed by atoms with Crippen molar-refractivity contribution in [2.45, 2.75) is 51.9 Å². The molecular weight excluding hydrogens is 350 g/mol. The van der Waals surface area contributed by atoms with Crippen LogP contribution in [-0.2, 0) is 4.79 Å². The van der Waals surface area contributed by atoms with Gasteiger partial charge in [0, 0.05) is 11.5 Å². The van der Waals surface area contributed by atoms with Gasteiger partial charge in [0.15, 0.2) is 5.11 Å². The molecule has 0 radical (unpaired) electrons. The van der Waals surface area contributed by atoms with Gasteiger partial charge < -0.3 is 4.74 Å². The van der Waals surface area contributed by atoms with E-state index in [1.807, 2.05) is 0 Å². The predicted octanol–water partition coefficient (Wildman–Crippen LogP) is 3.08. The lowest BCUT2D eigenvalue weighted by Gasteiger charge is -2.21. The minimum absolute atomic E-state index is 0.0232. The summed E-state index contributed by atoms with van der Waals surface area (Å²) in [5.41, 5.74) is 5.65. The number of unbranched alkanes of at least 4 members (excludes halogenated alkanes) is 1. The molecule has 1 saturated carbocycles. The summed E-state index contributed by atoms with van der Waals surface area (Å²) in [5, 5.41) is 2.62. The van der Waals surface area contributed by atoms with Gasteiger partial charge in [-0.2, -0.15) is 0 Å². The van der Waals surface area contributed by atoms with Crippen LogP contribution in [0.2, 0.25) is 0 Å². The molecule has 2 rings (SSSR count). The smallest absolute Gasteiger partial charge is 0.257 e. The maximum Gasteiger partial charge on any atom is 0.257 e. The molecule has 7 heteroatoms. The van der Waals surface area contributed by atoms with Gasteiger partial charge in [-0.25, -0.2) is 0 Å². The quantitative estimate of drug-likeness (QED) is 0.403. The molecule has 3 N–H and O–H groups in total. The Kier molecular flexibility index (Phi) is 8.34. The summed E-state index contributed by atoms with van der Waals surface area (Å²) in [7, 11) is 0. The summed E-state index contributed by atoms with van der Waals surface area (Å²) < 4.78 is 5.57. The number of amides is 2. The molecule has 0 aromatic heterocycles. The molecule has 1 aromatic rings. The van der Waals surface area contributed by atoms with Gasteiger partial charge >= 0.3 is 0 Å². The minimum atomic E-state index is -0.338. The lowest BCUT2D eigenvalue weighted by atomic mass is 9.89. The van der Waals surface area contributed by atoms with Gasteiger partial charge in [-0.1, -0.05) is 32.6 Å². The number of nitrogens with one attached hydrogen (secondary N) is 3. The Hall–Kier alpha value is -2.15. The van der Waals surface area contributed by atoms with Crippen molar-refractivity contribution in [3.8, 4) is 5.75 Å². The largest absolute Gasteiger partial charge is 0.494 e. The number of ether oxygens (including phenoxy) is 1. The number of benzene rings is 1. The van der Waals surface area contributed by atoms with E-state index in [4.69, 9.17) is 17.0 Å². The van der Waals surface area contributed by atoms with Crippen LogP contribution >= 0.6 is 12.2 Å². The molecule has 1 fully saturated rings. The fraction of sp³-hybridized carbons (Fsp3) is 0.526. The number of hydrogen-bond acceptors (Lipinski definition) is 4. The van der Waals surface area contributed by atoms with Gasteiger partial charge in [-0.05, 0) is 55.7 Å². The van der Waals surface area contributed by atoms with Crippen LogP contribution in [0.5, 0.6) is 5.75 Å². The molecule has 0 saturated heterocycles. The number of rotatable bonds is 6. The Morgan fingerprint density at radius 2 is 1.81 bits per heavy atom. The molecule has 0 bridgehead atoms. The Morgan fingerprint density at radius 3 is 2.46 bits per heavy atom. The second-order valence-corrected chi connectivity index (χ2v) is 6.87. The predicted molar refractivity (Wildman–Crippen MR) is 105 cm³/mol. The van der Waals surface area contributed by atoms with Crippen molar-refractivity contribution in [2.24, 2.45) is 5.92 Å². The molecule has 6 nitrogen and oxygen atoms in total. The molecule has 1 aromatic carbocycles. The van der Waals surface area contributed by atoms with Gasteiger partial charge in [-0.15, -0.1) is 0 Å². The third-order valence-electron chi connectivity index (χ3n) is 4.39. The molecule has 0 unspecified atom stereocenters. The van der Waals surface area contributed by atoms with E-state index in [0.717, 1.165) is 44.3 Å². The summed E-state index contributed by atoms with van der Waals surface area (Å²) in [6.07, 6.45) is 7.22. The maximum atomic E-state index is 12.2. The highest BCUT2D eigenvalue weighted by Crippen LogP contribution is 2.23. The van der Waals surface area contributed by atoms with Gasteiger partial charge in [0.25, 0.3) is 5.91 Å². The summed E-state index contributed by atoms with van der Waals surface area (Å²) in [4.78, 5) is 24.2. The van der Waals surface area contributed by atoms with Crippen molar-refractivity contribution < 1.29 is 14.3 Å². The Bertz CT molecular complexity index is 613. The lowest BCUT2D eigenvalue weighted by molar-refractivity contribution is -0.126. The lowest BCUT2D eigenvalue weighted by Crippen LogP contribution is -2.50. The zero-order valence-electron chi connectivity index (χ0n) is 15.2. The zero-order chi connectivity index (χ0) is 18.8. The van der Waals surface area contributed by atoms with Crippen LogP contribution in [0.3, 0.4) is 0 Å². The molecule has 2 amide bonds. The van der Waals surface area contributed by atoms with Crippen molar-refractivity contribution in [1.82, 2.24) is 16.2 Å². The van der Waals surface area contributed by atoms with Crippen molar-refractivity contribution in [1.29, 1.82) is 0 Å². The van der Waals surface area contributed by atoms with Crippen LogP contribution < -0.4 is 20.9 Å². The topological polar surface area (TPSA) is 79.5 Å². The highest BCUT2D eigenvalue weighted by molar-refractivity contribution is 7.80. The number of hydrazine groups is 1. The maximum absolute atomic E-state index is 12.2. The first-order valence-electron chi connectivity index (χ1n) is 9.24. The molecular formula is C19H27N3O3S. The number of thiocarbonyl (C=S) groups is 1. The monoisotopic (exact) mass is 377 g/mol. The summed E-state index contributed by atoms with van der Waals surface area (Å²) in [5.74, 6) is 0.342. The van der Waals surface area contributed by atoms with Crippen molar-refractivity contribution >= 4 is 29.1 Å². The average molecular weight is 378 g/mol. The van der Waals surface area contributed by atoms with Gasteiger partial charge in [0.05, 0.1) is 6.61 Å². The number of carbonyl (C=O) groups excluding carboxylic acids is 2. The van der Waals surface area contributed by atoms with E-state index in [1.165, 1.54) is 6.42 Å². The van der Waals surface area contributed by atoms with Gasteiger partial charge in [-0.3, -0.25) is 25.8 Å². The first-order valence-corrected chi connectivity index (χ1v) is 9.65. The van der Waals surface area contributed by atoms with Crippen LogP contribution in [0.4, 0.5) is 0 Å². The van der Waals surface area contributed by atoms with E-state index in [9.17, 15) is 9.59 Å². The third kappa shape index (κ3) is 6.63. The highest BCUT2D eigenvalue weighted by atomic mass is 32.1. The van der Waals surface area contributed by atoms with Crippen LogP contribution in [0, 0.1) is 5.92 Å². The number of carbonyl (C=O) groups is 2. The Labute approximate surface area is 160 Å². The molecule has 0 heterocycles. The van der Waals surface area contributed by atoms with Gasteiger partial charge in [0.2, 0.25) is 5.91 Å². The fourth-order valence-corrected chi connectivity index (χ4v) is 2.97. The van der Waals surface area contributed by atoms with Crippen LogP contribution in [-0.4, -0.2) is 23.5 Å². The second-order valence-electron chi connectivity index (χ2n) is 6.46. The first-order chi connectivity index (χ1) is 12.6. The van der Waals surface area contributed by atoms with Crippen LogP contribution in [0.1, 0.15) is 62.2 Å². The van der Waals surface area contributed by atoms with E-state index in [2.05, 4.69) is 23.1 Å². The van der Waals surface area contributed by atoms with Crippen molar-refractivity contribution in [3.63, 3.8) is 0 Å². The molecule has 1 aliphatic rings.